The van der Waals surface area contributed by atoms with E-state index in [1.54, 1.807) is 21.3 Å². The van der Waals surface area contributed by atoms with Gasteiger partial charge in [-0.25, -0.2) is 0 Å². The number of hydrogen-bond donors (Lipinski definition) is 1. The van der Waals surface area contributed by atoms with Crippen LogP contribution >= 0.6 is 12.4 Å². The number of aromatic nitrogens is 2. The van der Waals surface area contributed by atoms with Gasteiger partial charge in [0.1, 0.15) is 0 Å². The Balaban J connectivity index is 0.00000225. The van der Waals surface area contributed by atoms with Crippen molar-refractivity contribution in [3.05, 3.63) is 29.4 Å². The van der Waals surface area contributed by atoms with Crippen LogP contribution in [0.5, 0.6) is 17.2 Å². The zero-order valence-electron chi connectivity index (χ0n) is 14.7. The minimum Gasteiger partial charge on any atom is -0.493 e. The zero-order chi connectivity index (χ0) is 17.2. The molecule has 0 aliphatic heterocycles. The fourth-order valence-electron chi connectivity index (χ4n) is 2.94. The van der Waals surface area contributed by atoms with Crippen LogP contribution in [0.25, 0.3) is 0 Å². The molecule has 0 radical (unpaired) electrons. The molecule has 1 fully saturated rings. The molecule has 1 heterocycles. The molecule has 1 aromatic carbocycles. The van der Waals surface area contributed by atoms with E-state index in [4.69, 9.17) is 24.5 Å². The Morgan fingerprint density at radius 3 is 2.36 bits per heavy atom. The van der Waals surface area contributed by atoms with Crippen LogP contribution in [-0.2, 0) is 18.4 Å². The molecule has 25 heavy (non-hydrogen) atoms. The zero-order valence-corrected chi connectivity index (χ0v) is 15.5. The quantitative estimate of drug-likeness (QED) is 0.801. The second kappa shape index (κ2) is 7.93. The third-order valence-electron chi connectivity index (χ3n) is 4.55. The van der Waals surface area contributed by atoms with Crippen LogP contribution in [-0.4, -0.2) is 31.5 Å². The van der Waals surface area contributed by atoms with Gasteiger partial charge in [-0.05, 0) is 37.3 Å². The lowest BCUT2D eigenvalue weighted by atomic mass is 9.77. The predicted molar refractivity (Wildman–Crippen MR) is 94.8 cm³/mol. The monoisotopic (exact) mass is 369 g/mol. The van der Waals surface area contributed by atoms with E-state index in [0.717, 1.165) is 24.8 Å². The van der Waals surface area contributed by atoms with E-state index in [0.29, 0.717) is 41.8 Å². The van der Waals surface area contributed by atoms with Crippen molar-refractivity contribution in [2.45, 2.75) is 37.6 Å². The largest absolute Gasteiger partial charge is 0.493 e. The summed E-state index contributed by atoms with van der Waals surface area (Å²) >= 11 is 0. The molecule has 7 nitrogen and oxygen atoms in total. The van der Waals surface area contributed by atoms with Crippen LogP contribution in [0.1, 0.15) is 36.5 Å². The van der Waals surface area contributed by atoms with E-state index in [9.17, 15) is 0 Å². The van der Waals surface area contributed by atoms with Crippen LogP contribution in [0.2, 0.25) is 0 Å². The van der Waals surface area contributed by atoms with E-state index in [2.05, 4.69) is 10.1 Å². The van der Waals surface area contributed by atoms with Gasteiger partial charge < -0.3 is 24.5 Å². The van der Waals surface area contributed by atoms with Gasteiger partial charge in [-0.2, -0.15) is 4.98 Å². The maximum atomic E-state index is 6.22. The van der Waals surface area contributed by atoms with Crippen LogP contribution in [0.4, 0.5) is 0 Å². The summed E-state index contributed by atoms with van der Waals surface area (Å²) in [5, 5.41) is 4.04. The molecule has 0 atom stereocenters. The summed E-state index contributed by atoms with van der Waals surface area (Å²) in [6.45, 7) is 0. The number of nitrogens with two attached hydrogens (primary N) is 1. The highest BCUT2D eigenvalue weighted by Crippen LogP contribution is 2.40. The Hall–Kier alpha value is -1.99. The molecular weight excluding hydrogens is 346 g/mol. The Kier molecular flexibility index (Phi) is 6.13. The van der Waals surface area contributed by atoms with Crippen LogP contribution in [0, 0.1) is 0 Å². The Labute approximate surface area is 153 Å². The van der Waals surface area contributed by atoms with Gasteiger partial charge in [0.15, 0.2) is 17.3 Å². The summed E-state index contributed by atoms with van der Waals surface area (Å²) < 4.78 is 21.5. The second-order valence-corrected chi connectivity index (χ2v) is 6.01. The highest BCUT2D eigenvalue weighted by molar-refractivity contribution is 5.85. The summed E-state index contributed by atoms with van der Waals surface area (Å²) in [5.74, 6) is 3.07. The van der Waals surface area contributed by atoms with E-state index in [1.165, 1.54) is 0 Å². The number of rotatable bonds is 7. The number of halogens is 1. The van der Waals surface area contributed by atoms with Gasteiger partial charge in [0.05, 0.1) is 26.9 Å². The standard InChI is InChI=1S/C17H23N3O4.ClH/c1-21-12-7-5-11(14(22-2)15(12)23-3)6-8-13-19-16(20-24-13)17(18)9-4-10-17;/h5,7H,4,6,8-10,18H2,1-3H3;1H. The maximum absolute atomic E-state index is 6.22. The first kappa shape index (κ1) is 19.3. The van der Waals surface area contributed by atoms with E-state index >= 15 is 0 Å². The van der Waals surface area contributed by atoms with Crippen LogP contribution in [0.3, 0.4) is 0 Å². The summed E-state index contributed by atoms with van der Waals surface area (Å²) in [6, 6.07) is 3.81. The lowest BCUT2D eigenvalue weighted by Crippen LogP contribution is -2.44. The maximum Gasteiger partial charge on any atom is 0.227 e. The molecule has 1 aliphatic carbocycles. The number of hydrogen-bond acceptors (Lipinski definition) is 7. The predicted octanol–water partition coefficient (Wildman–Crippen LogP) is 2.64. The van der Waals surface area contributed by atoms with Gasteiger partial charge in [0.25, 0.3) is 0 Å². The van der Waals surface area contributed by atoms with Crippen molar-refractivity contribution in [1.29, 1.82) is 0 Å². The fraction of sp³-hybridized carbons (Fsp3) is 0.529. The molecular formula is C17H24ClN3O4. The number of nitrogens with zero attached hydrogens (tertiary/aromatic N) is 2. The van der Waals surface area contributed by atoms with Crippen molar-refractivity contribution in [2.75, 3.05) is 21.3 Å². The van der Waals surface area contributed by atoms with E-state index in [1.807, 2.05) is 12.1 Å². The molecule has 2 N–H and O–H groups in total. The van der Waals surface area contributed by atoms with Crippen LogP contribution in [0.15, 0.2) is 16.7 Å². The lowest BCUT2D eigenvalue weighted by Gasteiger charge is -2.34. The molecule has 0 spiro atoms. The molecule has 2 aromatic rings. The van der Waals surface area contributed by atoms with Crippen molar-refractivity contribution in [2.24, 2.45) is 5.73 Å². The van der Waals surface area contributed by atoms with Gasteiger partial charge in [0, 0.05) is 6.42 Å². The molecule has 8 heteroatoms. The van der Waals surface area contributed by atoms with Crippen molar-refractivity contribution in [3.8, 4) is 17.2 Å². The lowest BCUT2D eigenvalue weighted by molar-refractivity contribution is 0.229. The molecule has 0 saturated heterocycles. The van der Waals surface area contributed by atoms with Gasteiger partial charge in [0.2, 0.25) is 11.6 Å². The molecule has 1 aliphatic rings. The Morgan fingerprint density at radius 1 is 1.08 bits per heavy atom. The van der Waals surface area contributed by atoms with Crippen molar-refractivity contribution in [3.63, 3.8) is 0 Å². The molecule has 0 amide bonds. The second-order valence-electron chi connectivity index (χ2n) is 6.01. The first-order valence-electron chi connectivity index (χ1n) is 8.01. The van der Waals surface area contributed by atoms with Crippen molar-refractivity contribution in [1.82, 2.24) is 10.1 Å². The minimum atomic E-state index is -0.400. The normalized spacial score (nSPS) is 15.0. The van der Waals surface area contributed by atoms with Crippen molar-refractivity contribution < 1.29 is 18.7 Å². The number of aryl methyl sites for hydroxylation is 2. The topological polar surface area (TPSA) is 92.6 Å². The Bertz CT molecular complexity index is 716. The molecule has 0 bridgehead atoms. The third-order valence-corrected chi connectivity index (χ3v) is 4.55. The molecule has 3 rings (SSSR count). The van der Waals surface area contributed by atoms with Gasteiger partial charge in [-0.1, -0.05) is 11.2 Å². The summed E-state index contributed by atoms with van der Waals surface area (Å²) in [7, 11) is 4.80. The first-order chi connectivity index (χ1) is 11.6. The number of methoxy groups -OCH3 is 3. The van der Waals surface area contributed by atoms with E-state index < -0.39 is 5.54 Å². The first-order valence-corrected chi connectivity index (χ1v) is 8.01. The van der Waals surface area contributed by atoms with Gasteiger partial charge in [-0.3, -0.25) is 0 Å². The molecule has 1 saturated carbocycles. The molecule has 1 aromatic heterocycles. The molecule has 138 valence electrons. The third kappa shape index (κ3) is 3.67. The highest BCUT2D eigenvalue weighted by atomic mass is 35.5. The smallest absolute Gasteiger partial charge is 0.227 e. The van der Waals surface area contributed by atoms with Gasteiger partial charge in [-0.15, -0.1) is 12.4 Å². The van der Waals surface area contributed by atoms with Crippen molar-refractivity contribution >= 4 is 12.4 Å². The highest BCUT2D eigenvalue weighted by Gasteiger charge is 2.38. The van der Waals surface area contributed by atoms with Gasteiger partial charge >= 0.3 is 0 Å². The number of ether oxygens (including phenoxy) is 3. The SMILES string of the molecule is COc1ccc(CCc2nc(C3(N)CCC3)no2)c(OC)c1OC.Cl. The summed E-state index contributed by atoms with van der Waals surface area (Å²) in [6.07, 6.45) is 4.23. The average Bonchev–Trinajstić information content (AvgIpc) is 3.05. The Morgan fingerprint density at radius 2 is 1.80 bits per heavy atom. The average molecular weight is 370 g/mol. The summed E-state index contributed by atoms with van der Waals surface area (Å²) in [5.41, 5.74) is 6.81. The van der Waals surface area contributed by atoms with E-state index in [-0.39, 0.29) is 12.4 Å². The molecule has 0 unspecified atom stereocenters. The van der Waals surface area contributed by atoms with Crippen LogP contribution < -0.4 is 19.9 Å². The minimum absolute atomic E-state index is 0. The summed E-state index contributed by atoms with van der Waals surface area (Å²) in [4.78, 5) is 4.45. The number of benzene rings is 1. The fourth-order valence-corrected chi connectivity index (χ4v) is 2.94.